The maximum Gasteiger partial charge on any atom is 0.349 e. The van der Waals surface area contributed by atoms with Crippen LogP contribution in [-0.4, -0.2) is 12.6 Å². The Morgan fingerprint density at radius 3 is 2.58 bits per heavy atom. The van der Waals surface area contributed by atoms with Gasteiger partial charge in [-0.2, -0.15) is 5.26 Å². The average molecular weight is 502 g/mol. The van der Waals surface area contributed by atoms with Crippen LogP contribution >= 0.6 is 34.8 Å². The molecular formula is C24H15Cl3N2O4. The van der Waals surface area contributed by atoms with Crippen LogP contribution in [0.5, 0.6) is 17.2 Å². The quantitative estimate of drug-likeness (QED) is 0.348. The first-order valence-electron chi connectivity index (χ1n) is 9.61. The SMILES string of the molecule is N#CC1=C(N)Oc2cc(OC(=O)COc3ccc(Cl)cc3Cl)ccc2C1c1cccc(Cl)c1. The van der Waals surface area contributed by atoms with Crippen molar-refractivity contribution in [2.45, 2.75) is 5.92 Å². The van der Waals surface area contributed by atoms with E-state index in [1.807, 2.05) is 6.07 Å². The molecule has 4 rings (SSSR count). The van der Waals surface area contributed by atoms with Crippen LogP contribution in [-0.2, 0) is 4.79 Å². The van der Waals surface area contributed by atoms with E-state index in [1.54, 1.807) is 42.5 Å². The summed E-state index contributed by atoms with van der Waals surface area (Å²) in [5, 5.41) is 10.9. The molecule has 1 heterocycles. The largest absolute Gasteiger partial charge is 0.480 e. The number of esters is 1. The summed E-state index contributed by atoms with van der Waals surface area (Å²) >= 11 is 18.0. The molecule has 0 amide bonds. The first-order valence-corrected chi connectivity index (χ1v) is 10.7. The number of halogens is 3. The minimum atomic E-state index is -0.649. The molecule has 6 nitrogen and oxygen atoms in total. The van der Waals surface area contributed by atoms with Gasteiger partial charge in [0.1, 0.15) is 28.9 Å². The molecule has 0 radical (unpaired) electrons. The lowest BCUT2D eigenvalue weighted by atomic mass is 9.83. The molecule has 9 heteroatoms. The number of ether oxygens (including phenoxy) is 3. The Kier molecular flexibility index (Phi) is 6.66. The van der Waals surface area contributed by atoms with Crippen LogP contribution in [0.3, 0.4) is 0 Å². The highest BCUT2D eigenvalue weighted by atomic mass is 35.5. The van der Waals surface area contributed by atoms with Gasteiger partial charge in [-0.05, 0) is 42.0 Å². The number of carbonyl (C=O) groups excluding carboxylic acids is 1. The summed E-state index contributed by atoms with van der Waals surface area (Å²) in [7, 11) is 0. The number of hydrogen-bond acceptors (Lipinski definition) is 6. The van der Waals surface area contributed by atoms with Crippen molar-refractivity contribution in [3.63, 3.8) is 0 Å². The van der Waals surface area contributed by atoms with Crippen LogP contribution in [0.2, 0.25) is 15.1 Å². The Hall–Kier alpha value is -3.37. The molecular weight excluding hydrogens is 487 g/mol. The summed E-state index contributed by atoms with van der Waals surface area (Å²) in [4.78, 5) is 12.3. The van der Waals surface area contributed by atoms with Crippen LogP contribution in [0, 0.1) is 11.3 Å². The number of hydrogen-bond donors (Lipinski definition) is 1. The zero-order valence-corrected chi connectivity index (χ0v) is 19.1. The molecule has 0 spiro atoms. The van der Waals surface area contributed by atoms with E-state index < -0.39 is 11.9 Å². The maximum absolute atomic E-state index is 12.3. The average Bonchev–Trinajstić information content (AvgIpc) is 2.77. The van der Waals surface area contributed by atoms with Crippen molar-refractivity contribution >= 4 is 40.8 Å². The summed E-state index contributed by atoms with van der Waals surface area (Å²) in [6, 6.07) is 18.8. The van der Waals surface area contributed by atoms with Crippen molar-refractivity contribution in [2.24, 2.45) is 5.73 Å². The number of nitriles is 1. The number of nitrogens with zero attached hydrogens (tertiary/aromatic N) is 1. The second-order valence-corrected chi connectivity index (χ2v) is 8.30. The van der Waals surface area contributed by atoms with Crippen LogP contribution < -0.4 is 19.9 Å². The Labute approximate surface area is 204 Å². The molecule has 2 N–H and O–H groups in total. The fourth-order valence-corrected chi connectivity index (χ4v) is 4.08. The van der Waals surface area contributed by atoms with Gasteiger partial charge in [0.2, 0.25) is 5.88 Å². The highest BCUT2D eigenvalue weighted by molar-refractivity contribution is 6.35. The van der Waals surface area contributed by atoms with Crippen LogP contribution in [0.25, 0.3) is 0 Å². The maximum atomic E-state index is 12.3. The predicted octanol–water partition coefficient (Wildman–Crippen LogP) is 5.85. The van der Waals surface area contributed by atoms with Gasteiger partial charge in [0, 0.05) is 21.7 Å². The third-order valence-electron chi connectivity index (χ3n) is 4.84. The smallest absolute Gasteiger partial charge is 0.349 e. The molecule has 0 aliphatic carbocycles. The lowest BCUT2D eigenvalue weighted by Gasteiger charge is -2.26. The first-order chi connectivity index (χ1) is 15.9. The highest BCUT2D eigenvalue weighted by Crippen LogP contribution is 2.43. The van der Waals surface area contributed by atoms with Crippen LogP contribution in [0.1, 0.15) is 17.0 Å². The minimum Gasteiger partial charge on any atom is -0.480 e. The molecule has 0 fully saturated rings. The summed E-state index contributed by atoms with van der Waals surface area (Å²) in [6.45, 7) is -0.370. The lowest BCUT2D eigenvalue weighted by Crippen LogP contribution is -2.21. The summed E-state index contributed by atoms with van der Waals surface area (Å²) in [6.07, 6.45) is 0. The lowest BCUT2D eigenvalue weighted by molar-refractivity contribution is -0.136. The van der Waals surface area contributed by atoms with Crippen molar-refractivity contribution in [3.8, 4) is 23.3 Å². The zero-order valence-electron chi connectivity index (χ0n) is 16.8. The summed E-state index contributed by atoms with van der Waals surface area (Å²) in [5.41, 5.74) is 7.75. The van der Waals surface area contributed by atoms with Crippen molar-refractivity contribution in [1.29, 1.82) is 5.26 Å². The summed E-state index contributed by atoms with van der Waals surface area (Å²) in [5.74, 6) is -0.259. The van der Waals surface area contributed by atoms with Crippen molar-refractivity contribution in [3.05, 3.63) is 98.3 Å². The Balaban J connectivity index is 1.54. The Bertz CT molecular complexity index is 1320. The van der Waals surface area contributed by atoms with Gasteiger partial charge in [-0.25, -0.2) is 4.79 Å². The van der Waals surface area contributed by atoms with Gasteiger partial charge in [-0.1, -0.05) is 53.0 Å². The summed E-state index contributed by atoms with van der Waals surface area (Å²) < 4.78 is 16.4. The van der Waals surface area contributed by atoms with Gasteiger partial charge < -0.3 is 19.9 Å². The topological polar surface area (TPSA) is 94.6 Å². The third-order valence-corrected chi connectivity index (χ3v) is 5.61. The standard InChI is InChI=1S/C24H15Cl3N2O4/c25-14-3-1-2-13(8-14)23-17-6-5-16(10-21(17)33-24(29)18(23)11-28)32-22(30)12-31-20-7-4-15(26)9-19(20)27/h1-10,23H,12,29H2. The molecule has 3 aromatic rings. The van der Waals surface area contributed by atoms with Gasteiger partial charge in [0.25, 0.3) is 0 Å². The van der Waals surface area contributed by atoms with Crippen molar-refractivity contribution in [1.82, 2.24) is 0 Å². The monoisotopic (exact) mass is 500 g/mol. The van der Waals surface area contributed by atoms with Gasteiger partial charge in [-0.3, -0.25) is 0 Å². The van der Waals surface area contributed by atoms with E-state index >= 15 is 0 Å². The van der Waals surface area contributed by atoms with E-state index in [1.165, 1.54) is 12.1 Å². The molecule has 166 valence electrons. The second-order valence-electron chi connectivity index (χ2n) is 7.02. The number of fused-ring (bicyclic) bond motifs is 1. The van der Waals surface area contributed by atoms with E-state index in [-0.39, 0.29) is 28.8 Å². The molecule has 1 atom stereocenters. The number of allylic oxidation sites excluding steroid dienone is 1. The van der Waals surface area contributed by atoms with Crippen LogP contribution in [0.4, 0.5) is 0 Å². The fraction of sp³-hybridized carbons (Fsp3) is 0.0833. The number of nitrogens with two attached hydrogens (primary N) is 1. The third kappa shape index (κ3) is 5.01. The molecule has 33 heavy (non-hydrogen) atoms. The van der Waals surface area contributed by atoms with E-state index in [9.17, 15) is 10.1 Å². The molecule has 1 unspecified atom stereocenters. The Morgan fingerprint density at radius 2 is 1.85 bits per heavy atom. The van der Waals surface area contributed by atoms with Gasteiger partial charge in [0.05, 0.1) is 10.9 Å². The molecule has 0 bridgehead atoms. The van der Waals surface area contributed by atoms with Crippen molar-refractivity contribution < 1.29 is 19.0 Å². The van der Waals surface area contributed by atoms with E-state index in [2.05, 4.69) is 6.07 Å². The predicted molar refractivity (Wildman–Crippen MR) is 125 cm³/mol. The molecule has 0 aromatic heterocycles. The number of carbonyl (C=O) groups is 1. The fourth-order valence-electron chi connectivity index (χ4n) is 3.42. The highest BCUT2D eigenvalue weighted by Gasteiger charge is 2.31. The van der Waals surface area contributed by atoms with E-state index in [0.717, 1.165) is 5.56 Å². The second kappa shape index (κ2) is 9.63. The minimum absolute atomic E-state index is 0.0286. The number of rotatable bonds is 5. The van der Waals surface area contributed by atoms with Gasteiger partial charge in [0.15, 0.2) is 6.61 Å². The molecule has 1 aliphatic heterocycles. The van der Waals surface area contributed by atoms with Crippen molar-refractivity contribution in [2.75, 3.05) is 6.61 Å². The van der Waals surface area contributed by atoms with E-state index in [0.29, 0.717) is 27.1 Å². The molecule has 3 aromatic carbocycles. The van der Waals surface area contributed by atoms with E-state index in [4.69, 9.17) is 54.7 Å². The molecule has 0 saturated heterocycles. The van der Waals surface area contributed by atoms with Gasteiger partial charge in [-0.15, -0.1) is 0 Å². The first kappa shape index (κ1) is 22.8. The normalized spacial score (nSPS) is 14.7. The van der Waals surface area contributed by atoms with Crippen LogP contribution in [0.15, 0.2) is 72.1 Å². The number of benzene rings is 3. The molecule has 0 saturated carbocycles. The Morgan fingerprint density at radius 1 is 1.06 bits per heavy atom. The molecule has 1 aliphatic rings. The van der Waals surface area contributed by atoms with Gasteiger partial charge >= 0.3 is 5.97 Å². The zero-order chi connectivity index (χ0) is 23.5.